The number of furan rings is 1. The Morgan fingerprint density at radius 2 is 2.04 bits per heavy atom. The lowest BCUT2D eigenvalue weighted by Gasteiger charge is -2.03. The van der Waals surface area contributed by atoms with Gasteiger partial charge in [0.15, 0.2) is 6.61 Å². The van der Waals surface area contributed by atoms with Gasteiger partial charge in [0.05, 0.1) is 5.69 Å². The highest BCUT2D eigenvalue weighted by molar-refractivity contribution is 7.97. The number of hydrogen-bond acceptors (Lipinski definition) is 5. The summed E-state index contributed by atoms with van der Waals surface area (Å²) in [7, 11) is 0. The number of aromatic amines is 1. The number of carbonyl (C=O) groups excluding carboxylic acids is 2. The predicted molar refractivity (Wildman–Crippen MR) is 88.8 cm³/mol. The number of Topliss-reactive ketones (excluding diaryl/α,β-unsaturated/α-hetero) is 1. The lowest BCUT2D eigenvalue weighted by molar-refractivity contribution is 0.0444. The summed E-state index contributed by atoms with van der Waals surface area (Å²) in [4.78, 5) is 27.0. The van der Waals surface area contributed by atoms with Crippen LogP contribution in [0.15, 0.2) is 47.0 Å². The van der Waals surface area contributed by atoms with Crippen LogP contribution in [0.1, 0.15) is 26.6 Å². The Balaban J connectivity index is 1.80. The monoisotopic (exact) mass is 329 g/mol. The van der Waals surface area contributed by atoms with Crippen LogP contribution in [0.4, 0.5) is 0 Å². The molecular formula is C17H15NO4S. The van der Waals surface area contributed by atoms with E-state index in [4.69, 9.17) is 9.15 Å². The molecule has 0 radical (unpaired) electrons. The Bertz CT molecular complexity index is 836. The first-order valence-electron chi connectivity index (χ1n) is 7.03. The number of esters is 1. The number of thioether (sulfide) groups is 1. The van der Waals surface area contributed by atoms with Crippen molar-refractivity contribution in [2.75, 3.05) is 12.9 Å². The fraction of sp³-hybridized carbons (Fsp3) is 0.176. The summed E-state index contributed by atoms with van der Waals surface area (Å²) in [6.45, 7) is -0.324. The van der Waals surface area contributed by atoms with E-state index in [-0.39, 0.29) is 18.2 Å². The summed E-state index contributed by atoms with van der Waals surface area (Å²) in [5, 5.41) is 0.893. The summed E-state index contributed by atoms with van der Waals surface area (Å²) >= 11 is 1.59. The van der Waals surface area contributed by atoms with Gasteiger partial charge in [0.25, 0.3) is 0 Å². The number of H-pyrrole nitrogens is 1. The van der Waals surface area contributed by atoms with Gasteiger partial charge < -0.3 is 14.1 Å². The molecule has 0 amide bonds. The lowest BCUT2D eigenvalue weighted by atomic mass is 10.1. The Morgan fingerprint density at radius 3 is 2.78 bits per heavy atom. The number of benzene rings is 1. The van der Waals surface area contributed by atoms with Crippen molar-refractivity contribution in [2.45, 2.75) is 5.75 Å². The first-order valence-corrected chi connectivity index (χ1v) is 8.43. The minimum atomic E-state index is -0.620. The summed E-state index contributed by atoms with van der Waals surface area (Å²) in [5.74, 6) is -0.109. The zero-order chi connectivity index (χ0) is 16.2. The number of aromatic nitrogens is 1. The molecule has 0 bridgehead atoms. The van der Waals surface area contributed by atoms with Crippen LogP contribution < -0.4 is 0 Å². The molecule has 2 aromatic heterocycles. The topological polar surface area (TPSA) is 72.3 Å². The molecule has 23 heavy (non-hydrogen) atoms. The van der Waals surface area contributed by atoms with Crippen molar-refractivity contribution < 1.29 is 18.7 Å². The fourth-order valence-corrected chi connectivity index (χ4v) is 2.90. The number of ketones is 1. The molecule has 2 heterocycles. The molecule has 0 spiro atoms. The third-order valence-corrected chi connectivity index (χ3v) is 3.98. The highest BCUT2D eigenvalue weighted by atomic mass is 32.2. The third kappa shape index (κ3) is 3.17. The molecule has 118 valence electrons. The third-order valence-electron chi connectivity index (χ3n) is 3.41. The quantitative estimate of drug-likeness (QED) is 0.552. The number of ether oxygens (including phenoxy) is 1. The van der Waals surface area contributed by atoms with Gasteiger partial charge in [-0.25, -0.2) is 4.79 Å². The molecule has 0 saturated heterocycles. The second-order valence-electron chi connectivity index (χ2n) is 4.92. The van der Waals surface area contributed by atoms with E-state index < -0.39 is 5.97 Å². The number of nitrogens with one attached hydrogen (secondary N) is 1. The molecule has 0 aliphatic heterocycles. The minimum Gasteiger partial charge on any atom is -0.451 e. The van der Waals surface area contributed by atoms with E-state index in [0.29, 0.717) is 17.0 Å². The average Bonchev–Trinajstić information content (AvgIpc) is 3.21. The van der Waals surface area contributed by atoms with Gasteiger partial charge in [-0.15, -0.1) is 0 Å². The molecule has 0 aliphatic carbocycles. The fourth-order valence-electron chi connectivity index (χ4n) is 2.33. The normalized spacial score (nSPS) is 10.8. The second kappa shape index (κ2) is 6.75. The lowest BCUT2D eigenvalue weighted by Crippen LogP contribution is -2.15. The van der Waals surface area contributed by atoms with Crippen LogP contribution >= 0.6 is 11.8 Å². The van der Waals surface area contributed by atoms with E-state index in [1.807, 2.05) is 24.5 Å². The zero-order valence-electron chi connectivity index (χ0n) is 12.5. The molecular weight excluding hydrogens is 314 g/mol. The Morgan fingerprint density at radius 1 is 1.22 bits per heavy atom. The Labute approximate surface area is 137 Å². The van der Waals surface area contributed by atoms with E-state index in [2.05, 4.69) is 4.98 Å². The number of rotatable bonds is 6. The molecule has 3 aromatic rings. The Kier molecular flexibility index (Phi) is 4.52. The van der Waals surface area contributed by atoms with E-state index in [0.717, 1.165) is 10.9 Å². The molecule has 3 rings (SSSR count). The average molecular weight is 329 g/mol. The van der Waals surface area contributed by atoms with Crippen LogP contribution in [0.3, 0.4) is 0 Å². The maximum atomic E-state index is 12.3. The summed E-state index contributed by atoms with van der Waals surface area (Å²) in [6, 6.07) is 10.8. The number of hydrogen-bond donors (Lipinski definition) is 1. The standard InChI is InChI=1S/C17H15NO4S/c1-23-10-12-11-5-2-3-7-15(11)22-16(12)17(20)21-9-14(19)13-6-4-8-18-13/h2-8,18H,9-10H2,1H3. The molecule has 0 fully saturated rings. The summed E-state index contributed by atoms with van der Waals surface area (Å²) < 4.78 is 10.7. The first kappa shape index (κ1) is 15.4. The van der Waals surface area contributed by atoms with Crippen molar-refractivity contribution in [1.29, 1.82) is 0 Å². The van der Waals surface area contributed by atoms with Crippen LogP contribution in [0, 0.1) is 0 Å². The van der Waals surface area contributed by atoms with Crippen LogP contribution in [-0.2, 0) is 10.5 Å². The van der Waals surface area contributed by atoms with Crippen molar-refractivity contribution in [3.8, 4) is 0 Å². The zero-order valence-corrected chi connectivity index (χ0v) is 13.3. The molecule has 1 N–H and O–H groups in total. The molecule has 1 aromatic carbocycles. The van der Waals surface area contributed by atoms with Gasteiger partial charge in [-0.1, -0.05) is 18.2 Å². The molecule has 0 unspecified atom stereocenters. The van der Waals surface area contributed by atoms with E-state index >= 15 is 0 Å². The van der Waals surface area contributed by atoms with Gasteiger partial charge in [-0.05, 0) is 24.5 Å². The van der Waals surface area contributed by atoms with Crippen molar-refractivity contribution in [1.82, 2.24) is 4.98 Å². The van der Waals surface area contributed by atoms with Crippen molar-refractivity contribution in [2.24, 2.45) is 0 Å². The first-order chi connectivity index (χ1) is 11.2. The van der Waals surface area contributed by atoms with Gasteiger partial charge in [0.2, 0.25) is 11.5 Å². The van der Waals surface area contributed by atoms with Crippen molar-refractivity contribution in [3.63, 3.8) is 0 Å². The summed E-state index contributed by atoms with van der Waals surface area (Å²) in [6.07, 6.45) is 3.59. The molecule has 5 nitrogen and oxygen atoms in total. The minimum absolute atomic E-state index is 0.167. The van der Waals surface area contributed by atoms with Gasteiger partial charge in [-0.3, -0.25) is 4.79 Å². The smallest absolute Gasteiger partial charge is 0.375 e. The van der Waals surface area contributed by atoms with E-state index in [1.165, 1.54) is 0 Å². The van der Waals surface area contributed by atoms with Crippen molar-refractivity contribution in [3.05, 3.63) is 59.6 Å². The Hall–Kier alpha value is -2.47. The number of carbonyl (C=O) groups is 2. The molecule has 6 heteroatoms. The van der Waals surface area contributed by atoms with E-state index in [1.54, 1.807) is 36.2 Å². The maximum Gasteiger partial charge on any atom is 0.375 e. The van der Waals surface area contributed by atoms with Crippen LogP contribution in [0.2, 0.25) is 0 Å². The highest BCUT2D eigenvalue weighted by Crippen LogP contribution is 2.29. The second-order valence-corrected chi connectivity index (χ2v) is 5.79. The predicted octanol–water partition coefficient (Wildman–Crippen LogP) is 3.66. The van der Waals surface area contributed by atoms with Crippen LogP contribution in [0.5, 0.6) is 0 Å². The van der Waals surface area contributed by atoms with Gasteiger partial charge in [0, 0.05) is 22.9 Å². The largest absolute Gasteiger partial charge is 0.451 e. The summed E-state index contributed by atoms with van der Waals surface area (Å²) in [5.41, 5.74) is 1.84. The van der Waals surface area contributed by atoms with Gasteiger partial charge >= 0.3 is 5.97 Å². The van der Waals surface area contributed by atoms with Crippen LogP contribution in [-0.4, -0.2) is 29.6 Å². The highest BCUT2D eigenvalue weighted by Gasteiger charge is 2.22. The number of para-hydroxylation sites is 1. The van der Waals surface area contributed by atoms with Gasteiger partial charge in [-0.2, -0.15) is 11.8 Å². The van der Waals surface area contributed by atoms with Crippen molar-refractivity contribution >= 4 is 34.5 Å². The maximum absolute atomic E-state index is 12.3. The number of fused-ring (bicyclic) bond motifs is 1. The molecule has 0 aliphatic rings. The molecule has 0 atom stereocenters. The SMILES string of the molecule is CSCc1c(C(=O)OCC(=O)c2ccc[nH]2)oc2ccccc12. The van der Waals surface area contributed by atoms with E-state index in [9.17, 15) is 9.59 Å². The van der Waals surface area contributed by atoms with Gasteiger partial charge in [0.1, 0.15) is 5.58 Å². The van der Waals surface area contributed by atoms with Crippen LogP contribution in [0.25, 0.3) is 11.0 Å². The molecule has 0 saturated carbocycles.